The summed E-state index contributed by atoms with van der Waals surface area (Å²) >= 11 is 0. The van der Waals surface area contributed by atoms with Crippen molar-refractivity contribution in [1.82, 2.24) is 10.2 Å². The van der Waals surface area contributed by atoms with Crippen molar-refractivity contribution in [3.8, 4) is 11.5 Å². The summed E-state index contributed by atoms with van der Waals surface area (Å²) in [5.74, 6) is 0.918. The van der Waals surface area contributed by atoms with Crippen molar-refractivity contribution in [2.75, 3.05) is 13.2 Å². The molecular formula is C22H24F2N2O3. The van der Waals surface area contributed by atoms with Crippen LogP contribution in [0.3, 0.4) is 0 Å². The Balaban J connectivity index is 1.43. The van der Waals surface area contributed by atoms with Crippen LogP contribution >= 0.6 is 0 Å². The van der Waals surface area contributed by atoms with Gasteiger partial charge in [0.1, 0.15) is 11.5 Å². The lowest BCUT2D eigenvalue weighted by atomic mass is 9.97. The smallest absolute Gasteiger partial charge is 0.387 e. The third-order valence-corrected chi connectivity index (χ3v) is 5.65. The molecule has 5 nitrogen and oxygen atoms in total. The molecular weight excluding hydrogens is 378 g/mol. The predicted octanol–water partition coefficient (Wildman–Crippen LogP) is 3.67. The molecule has 29 heavy (non-hydrogen) atoms. The number of fused-ring (bicyclic) bond motifs is 2. The SMILES string of the molecule is CC(C(=O)NC1CCOc2ccccc21)N1CCc2ccc(OC(F)F)cc2C1. The summed E-state index contributed by atoms with van der Waals surface area (Å²) < 4.78 is 35.2. The van der Waals surface area contributed by atoms with Crippen LogP contribution in [-0.4, -0.2) is 36.6 Å². The maximum Gasteiger partial charge on any atom is 0.387 e. The van der Waals surface area contributed by atoms with E-state index in [0.717, 1.165) is 41.8 Å². The lowest BCUT2D eigenvalue weighted by Crippen LogP contribution is -2.48. The topological polar surface area (TPSA) is 50.8 Å². The van der Waals surface area contributed by atoms with Crippen molar-refractivity contribution < 1.29 is 23.0 Å². The number of carbonyl (C=O) groups is 1. The van der Waals surface area contributed by atoms with E-state index in [9.17, 15) is 13.6 Å². The van der Waals surface area contributed by atoms with Gasteiger partial charge in [-0.2, -0.15) is 8.78 Å². The van der Waals surface area contributed by atoms with Gasteiger partial charge < -0.3 is 14.8 Å². The number of carbonyl (C=O) groups excluding carboxylic acids is 1. The highest BCUT2D eigenvalue weighted by atomic mass is 19.3. The standard InChI is InChI=1S/C22H24F2N2O3/c1-14(21(27)25-19-9-11-28-20-5-3-2-4-18(19)20)26-10-8-15-6-7-17(29-22(23)24)12-16(15)13-26/h2-7,12,14,19,22H,8-11,13H2,1H3,(H,25,27). The first-order valence-electron chi connectivity index (χ1n) is 9.84. The first-order chi connectivity index (χ1) is 14.0. The Morgan fingerprint density at radius 2 is 2.07 bits per heavy atom. The fraction of sp³-hybridized carbons (Fsp3) is 0.409. The normalized spacial score (nSPS) is 19.7. The second-order valence-corrected chi connectivity index (χ2v) is 7.44. The molecule has 0 saturated heterocycles. The fourth-order valence-electron chi connectivity index (χ4n) is 4.01. The third-order valence-electron chi connectivity index (χ3n) is 5.65. The first kappa shape index (κ1) is 19.6. The van der Waals surface area contributed by atoms with E-state index >= 15 is 0 Å². The Kier molecular flexibility index (Phi) is 5.67. The van der Waals surface area contributed by atoms with Gasteiger partial charge in [-0.25, -0.2) is 0 Å². The van der Waals surface area contributed by atoms with Gasteiger partial charge in [0.2, 0.25) is 5.91 Å². The molecule has 2 heterocycles. The number of halogens is 2. The minimum Gasteiger partial charge on any atom is -0.493 e. The Morgan fingerprint density at radius 3 is 2.90 bits per heavy atom. The molecule has 0 saturated carbocycles. The first-order valence-corrected chi connectivity index (χ1v) is 9.84. The summed E-state index contributed by atoms with van der Waals surface area (Å²) in [6, 6.07) is 12.4. The molecule has 2 atom stereocenters. The van der Waals surface area contributed by atoms with Gasteiger partial charge in [0.05, 0.1) is 18.7 Å². The number of nitrogens with one attached hydrogen (secondary N) is 1. The Labute approximate surface area is 168 Å². The van der Waals surface area contributed by atoms with Crippen LogP contribution in [0.25, 0.3) is 0 Å². The summed E-state index contributed by atoms with van der Waals surface area (Å²) in [5, 5.41) is 3.15. The van der Waals surface area contributed by atoms with Gasteiger partial charge in [-0.15, -0.1) is 0 Å². The molecule has 0 radical (unpaired) electrons. The van der Waals surface area contributed by atoms with Crippen molar-refractivity contribution in [3.05, 3.63) is 59.2 Å². The van der Waals surface area contributed by atoms with Gasteiger partial charge in [-0.1, -0.05) is 24.3 Å². The molecule has 2 aliphatic heterocycles. The lowest BCUT2D eigenvalue weighted by Gasteiger charge is -2.34. The van der Waals surface area contributed by atoms with Crippen LogP contribution in [0, 0.1) is 0 Å². The van der Waals surface area contributed by atoms with Gasteiger partial charge >= 0.3 is 6.61 Å². The largest absolute Gasteiger partial charge is 0.493 e. The maximum absolute atomic E-state index is 12.9. The van der Waals surface area contributed by atoms with Crippen molar-refractivity contribution in [2.45, 2.75) is 45.0 Å². The van der Waals surface area contributed by atoms with Crippen LogP contribution in [0.2, 0.25) is 0 Å². The number of ether oxygens (including phenoxy) is 2. The minimum atomic E-state index is -2.85. The van der Waals surface area contributed by atoms with E-state index in [2.05, 4.69) is 15.0 Å². The predicted molar refractivity (Wildman–Crippen MR) is 104 cm³/mol. The maximum atomic E-state index is 12.9. The average molecular weight is 402 g/mol. The van der Waals surface area contributed by atoms with Crippen molar-refractivity contribution in [1.29, 1.82) is 0 Å². The van der Waals surface area contributed by atoms with Crippen molar-refractivity contribution >= 4 is 5.91 Å². The summed E-state index contributed by atoms with van der Waals surface area (Å²) in [7, 11) is 0. The summed E-state index contributed by atoms with van der Waals surface area (Å²) in [6.45, 7) is 0.862. The zero-order chi connectivity index (χ0) is 20.4. The monoisotopic (exact) mass is 402 g/mol. The molecule has 0 aliphatic carbocycles. The number of rotatable bonds is 5. The average Bonchev–Trinajstić information content (AvgIpc) is 2.72. The van der Waals surface area contributed by atoms with Crippen LogP contribution in [0.4, 0.5) is 8.78 Å². The van der Waals surface area contributed by atoms with Gasteiger partial charge in [0.15, 0.2) is 0 Å². The molecule has 154 valence electrons. The number of amides is 1. The third kappa shape index (κ3) is 4.34. The second-order valence-electron chi connectivity index (χ2n) is 7.44. The Morgan fingerprint density at radius 1 is 1.24 bits per heavy atom. The molecule has 0 fully saturated rings. The number of alkyl halides is 2. The lowest BCUT2D eigenvalue weighted by molar-refractivity contribution is -0.127. The Hall–Kier alpha value is -2.67. The molecule has 2 aliphatic rings. The highest BCUT2D eigenvalue weighted by Gasteiger charge is 2.29. The number of hydrogen-bond donors (Lipinski definition) is 1. The second kappa shape index (κ2) is 8.37. The molecule has 2 aromatic rings. The number of benzene rings is 2. The van der Waals surface area contributed by atoms with E-state index < -0.39 is 6.61 Å². The highest BCUT2D eigenvalue weighted by Crippen LogP contribution is 2.32. The molecule has 0 spiro atoms. The van der Waals surface area contributed by atoms with Gasteiger partial charge in [-0.3, -0.25) is 9.69 Å². The zero-order valence-electron chi connectivity index (χ0n) is 16.2. The summed E-state index contributed by atoms with van der Waals surface area (Å²) in [4.78, 5) is 15.0. The minimum absolute atomic E-state index is 0.0462. The van der Waals surface area contributed by atoms with E-state index in [4.69, 9.17) is 4.74 Å². The molecule has 0 bridgehead atoms. The van der Waals surface area contributed by atoms with Gasteiger partial charge in [-0.05, 0) is 42.7 Å². The van der Waals surface area contributed by atoms with Gasteiger partial charge in [0, 0.05) is 25.1 Å². The Bertz CT molecular complexity index is 890. The van der Waals surface area contributed by atoms with Crippen LogP contribution in [-0.2, 0) is 17.8 Å². The molecule has 2 aromatic carbocycles. The quantitative estimate of drug-likeness (QED) is 0.829. The highest BCUT2D eigenvalue weighted by molar-refractivity contribution is 5.82. The molecule has 1 amide bonds. The van der Waals surface area contributed by atoms with E-state index in [1.54, 1.807) is 12.1 Å². The van der Waals surface area contributed by atoms with Crippen molar-refractivity contribution in [3.63, 3.8) is 0 Å². The van der Waals surface area contributed by atoms with Crippen LogP contribution < -0.4 is 14.8 Å². The van der Waals surface area contributed by atoms with Crippen molar-refractivity contribution in [2.24, 2.45) is 0 Å². The number of nitrogens with zero attached hydrogens (tertiary/aromatic N) is 1. The van der Waals surface area contributed by atoms with Crippen LogP contribution in [0.15, 0.2) is 42.5 Å². The van der Waals surface area contributed by atoms with E-state index in [-0.39, 0.29) is 23.7 Å². The molecule has 1 N–H and O–H groups in total. The molecule has 7 heteroatoms. The van der Waals surface area contributed by atoms with Gasteiger partial charge in [0.25, 0.3) is 0 Å². The molecule has 2 unspecified atom stereocenters. The number of para-hydroxylation sites is 1. The van der Waals surface area contributed by atoms with E-state index in [0.29, 0.717) is 13.2 Å². The van der Waals surface area contributed by atoms with E-state index in [1.807, 2.05) is 37.3 Å². The van der Waals surface area contributed by atoms with Crippen LogP contribution in [0.5, 0.6) is 11.5 Å². The fourth-order valence-corrected chi connectivity index (χ4v) is 4.01. The zero-order valence-corrected chi connectivity index (χ0v) is 16.2. The summed E-state index contributed by atoms with van der Waals surface area (Å²) in [5.41, 5.74) is 3.02. The van der Waals surface area contributed by atoms with E-state index in [1.165, 1.54) is 0 Å². The molecule has 4 rings (SSSR count). The number of hydrogen-bond acceptors (Lipinski definition) is 4. The molecule has 0 aromatic heterocycles. The van der Waals surface area contributed by atoms with Crippen LogP contribution in [0.1, 0.15) is 36.1 Å². The summed E-state index contributed by atoms with van der Waals surface area (Å²) in [6.07, 6.45) is 1.49.